The second-order valence-corrected chi connectivity index (χ2v) is 2.55. The number of hydrogen-bond acceptors (Lipinski definition) is 1. The quantitative estimate of drug-likeness (QED) is 0.554. The molecule has 0 radical (unpaired) electrons. The van der Waals surface area contributed by atoms with E-state index in [-0.39, 0.29) is 5.56 Å². The Kier molecular flexibility index (Phi) is 1.94. The van der Waals surface area contributed by atoms with Crippen molar-refractivity contribution in [3.8, 4) is 0 Å². The first-order valence-electron chi connectivity index (χ1n) is 2.76. The minimum absolute atomic E-state index is 0.0396. The van der Waals surface area contributed by atoms with Crippen LogP contribution in [0.3, 0.4) is 0 Å². The van der Waals surface area contributed by atoms with Crippen LogP contribution in [0.4, 0.5) is 8.78 Å². The molecular formula is C7H6F2S. The van der Waals surface area contributed by atoms with Crippen molar-refractivity contribution in [2.75, 3.05) is 0 Å². The number of hydrogen-bond donors (Lipinski definition) is 1. The molecule has 0 bridgehead atoms. The molecule has 0 aliphatic heterocycles. The van der Waals surface area contributed by atoms with Crippen LogP contribution in [-0.4, -0.2) is 0 Å². The van der Waals surface area contributed by atoms with E-state index >= 15 is 0 Å². The first-order valence-corrected chi connectivity index (χ1v) is 3.20. The number of thiol groups is 1. The molecular weight excluding hydrogens is 154 g/mol. The zero-order chi connectivity index (χ0) is 7.72. The standard InChI is InChI=1S/C7H6F2S/c1-4-6(8)2-5(10)3-7(4)9/h2-3,10H,1H3. The summed E-state index contributed by atoms with van der Waals surface area (Å²) in [6.07, 6.45) is 0. The summed E-state index contributed by atoms with van der Waals surface area (Å²) in [4.78, 5) is 0.306. The second kappa shape index (κ2) is 2.58. The molecule has 3 heteroatoms. The molecule has 0 spiro atoms. The van der Waals surface area contributed by atoms with Gasteiger partial charge >= 0.3 is 0 Å². The Hall–Kier alpha value is -0.570. The molecule has 0 nitrogen and oxygen atoms in total. The molecule has 0 unspecified atom stereocenters. The summed E-state index contributed by atoms with van der Waals surface area (Å²) in [5.74, 6) is -1.10. The molecule has 0 aliphatic rings. The highest BCUT2D eigenvalue weighted by Crippen LogP contribution is 2.15. The maximum atomic E-state index is 12.6. The lowest BCUT2D eigenvalue weighted by molar-refractivity contribution is 0.562. The molecule has 0 fully saturated rings. The lowest BCUT2D eigenvalue weighted by atomic mass is 10.2. The third-order valence-corrected chi connectivity index (χ3v) is 1.52. The first kappa shape index (κ1) is 7.54. The highest BCUT2D eigenvalue weighted by atomic mass is 32.1. The summed E-state index contributed by atoms with van der Waals surface area (Å²) in [5.41, 5.74) is 0.0396. The van der Waals surface area contributed by atoms with Crippen LogP contribution in [0.15, 0.2) is 17.0 Å². The van der Waals surface area contributed by atoms with E-state index < -0.39 is 11.6 Å². The molecule has 0 atom stereocenters. The highest BCUT2D eigenvalue weighted by molar-refractivity contribution is 7.80. The highest BCUT2D eigenvalue weighted by Gasteiger charge is 2.03. The van der Waals surface area contributed by atoms with E-state index in [0.717, 1.165) is 0 Å². The number of rotatable bonds is 0. The van der Waals surface area contributed by atoms with Crippen LogP contribution >= 0.6 is 12.6 Å². The van der Waals surface area contributed by atoms with Gasteiger partial charge in [-0.2, -0.15) is 0 Å². The Labute approximate surface area is 63.3 Å². The van der Waals surface area contributed by atoms with Gasteiger partial charge in [-0.15, -0.1) is 12.6 Å². The summed E-state index contributed by atoms with van der Waals surface area (Å²) in [7, 11) is 0. The summed E-state index contributed by atoms with van der Waals surface area (Å²) >= 11 is 3.79. The van der Waals surface area contributed by atoms with E-state index in [1.54, 1.807) is 0 Å². The topological polar surface area (TPSA) is 0 Å². The SMILES string of the molecule is Cc1c(F)cc(S)cc1F. The van der Waals surface area contributed by atoms with Gasteiger partial charge in [0.1, 0.15) is 11.6 Å². The molecule has 1 aromatic carbocycles. The summed E-state index contributed by atoms with van der Waals surface area (Å²) in [6.45, 7) is 1.39. The van der Waals surface area contributed by atoms with Gasteiger partial charge in [-0.1, -0.05) is 0 Å². The van der Waals surface area contributed by atoms with Crippen LogP contribution in [0.5, 0.6) is 0 Å². The fraction of sp³-hybridized carbons (Fsp3) is 0.143. The van der Waals surface area contributed by atoms with Gasteiger partial charge in [-0.25, -0.2) is 8.78 Å². The van der Waals surface area contributed by atoms with Crippen molar-refractivity contribution in [3.63, 3.8) is 0 Å². The lowest BCUT2D eigenvalue weighted by Gasteiger charge is -1.98. The number of halogens is 2. The normalized spacial score (nSPS) is 10.0. The van der Waals surface area contributed by atoms with E-state index in [2.05, 4.69) is 12.6 Å². The van der Waals surface area contributed by atoms with Gasteiger partial charge in [-0.05, 0) is 19.1 Å². The van der Waals surface area contributed by atoms with Crippen molar-refractivity contribution in [1.82, 2.24) is 0 Å². The van der Waals surface area contributed by atoms with Crippen molar-refractivity contribution in [2.24, 2.45) is 0 Å². The third kappa shape index (κ3) is 1.29. The monoisotopic (exact) mass is 160 g/mol. The molecule has 0 N–H and O–H groups in total. The third-order valence-electron chi connectivity index (χ3n) is 1.27. The van der Waals surface area contributed by atoms with Gasteiger partial charge in [0.25, 0.3) is 0 Å². The van der Waals surface area contributed by atoms with Crippen molar-refractivity contribution in [3.05, 3.63) is 29.3 Å². The largest absolute Gasteiger partial charge is 0.207 e. The van der Waals surface area contributed by atoms with Gasteiger partial charge in [-0.3, -0.25) is 0 Å². The van der Waals surface area contributed by atoms with Gasteiger partial charge in [0, 0.05) is 10.5 Å². The number of benzene rings is 1. The van der Waals surface area contributed by atoms with Crippen LogP contribution in [0.1, 0.15) is 5.56 Å². The van der Waals surface area contributed by atoms with E-state index in [1.807, 2.05) is 0 Å². The molecule has 0 aliphatic carbocycles. The zero-order valence-corrected chi connectivity index (χ0v) is 6.25. The van der Waals surface area contributed by atoms with Crippen molar-refractivity contribution >= 4 is 12.6 Å². The Morgan fingerprint density at radius 3 is 2.00 bits per heavy atom. The maximum absolute atomic E-state index is 12.6. The minimum atomic E-state index is -0.551. The predicted octanol–water partition coefficient (Wildman–Crippen LogP) is 2.56. The van der Waals surface area contributed by atoms with Crippen LogP contribution < -0.4 is 0 Å². The molecule has 1 rings (SSSR count). The fourth-order valence-electron chi connectivity index (χ4n) is 0.632. The lowest BCUT2D eigenvalue weighted by Crippen LogP contribution is -1.87. The smallest absolute Gasteiger partial charge is 0.130 e. The van der Waals surface area contributed by atoms with Crippen LogP contribution in [0.25, 0.3) is 0 Å². The van der Waals surface area contributed by atoms with E-state index in [4.69, 9.17) is 0 Å². The van der Waals surface area contributed by atoms with Gasteiger partial charge in [0.15, 0.2) is 0 Å². The molecule has 54 valence electrons. The Bertz CT molecular complexity index is 235. The molecule has 0 saturated heterocycles. The van der Waals surface area contributed by atoms with E-state index in [1.165, 1.54) is 19.1 Å². The average Bonchev–Trinajstić information content (AvgIpc) is 1.82. The Morgan fingerprint density at radius 1 is 1.20 bits per heavy atom. The molecule has 0 aromatic heterocycles. The molecule has 0 heterocycles. The summed E-state index contributed by atoms with van der Waals surface area (Å²) in [5, 5.41) is 0. The summed E-state index contributed by atoms with van der Waals surface area (Å²) in [6, 6.07) is 2.36. The van der Waals surface area contributed by atoms with Gasteiger partial charge < -0.3 is 0 Å². The van der Waals surface area contributed by atoms with Crippen LogP contribution in [-0.2, 0) is 0 Å². The van der Waals surface area contributed by atoms with Gasteiger partial charge in [0.2, 0.25) is 0 Å². The van der Waals surface area contributed by atoms with Crippen LogP contribution in [0.2, 0.25) is 0 Å². The molecule has 1 aromatic rings. The summed E-state index contributed by atoms with van der Waals surface area (Å²) < 4.78 is 25.1. The first-order chi connectivity index (χ1) is 4.61. The van der Waals surface area contributed by atoms with Crippen molar-refractivity contribution in [1.29, 1.82) is 0 Å². The fourth-order valence-corrected chi connectivity index (χ4v) is 0.859. The average molecular weight is 160 g/mol. The molecule has 10 heavy (non-hydrogen) atoms. The van der Waals surface area contributed by atoms with Crippen LogP contribution in [0, 0.1) is 18.6 Å². The van der Waals surface area contributed by atoms with Crippen molar-refractivity contribution in [2.45, 2.75) is 11.8 Å². The Morgan fingerprint density at radius 2 is 1.60 bits per heavy atom. The predicted molar refractivity (Wildman–Crippen MR) is 38.3 cm³/mol. The van der Waals surface area contributed by atoms with E-state index in [9.17, 15) is 8.78 Å². The van der Waals surface area contributed by atoms with Crippen molar-refractivity contribution < 1.29 is 8.78 Å². The van der Waals surface area contributed by atoms with Gasteiger partial charge in [0.05, 0.1) is 0 Å². The zero-order valence-electron chi connectivity index (χ0n) is 5.36. The second-order valence-electron chi connectivity index (χ2n) is 2.03. The Balaban J connectivity index is 3.31. The maximum Gasteiger partial charge on any atom is 0.130 e. The molecule has 0 saturated carbocycles. The molecule has 0 amide bonds. The minimum Gasteiger partial charge on any atom is -0.207 e. The van der Waals surface area contributed by atoms with E-state index in [0.29, 0.717) is 4.90 Å².